The highest BCUT2D eigenvalue weighted by molar-refractivity contribution is 7.19. The average Bonchev–Trinajstić information content (AvgIpc) is 2.85. The van der Waals surface area contributed by atoms with Gasteiger partial charge in [-0.15, -0.1) is 11.3 Å². The van der Waals surface area contributed by atoms with Crippen LogP contribution in [0.4, 0.5) is 0 Å². The molecule has 0 amide bonds. The van der Waals surface area contributed by atoms with E-state index in [1.165, 1.54) is 16.9 Å². The molecule has 1 aliphatic carbocycles. The molecule has 106 valence electrons. The van der Waals surface area contributed by atoms with E-state index in [9.17, 15) is 0 Å². The Morgan fingerprint density at radius 3 is 3.05 bits per heavy atom. The average molecular weight is 316 g/mol. The van der Waals surface area contributed by atoms with Crippen LogP contribution in [0.5, 0.6) is 0 Å². The van der Waals surface area contributed by atoms with Crippen LogP contribution in [0, 0.1) is 5.92 Å². The van der Waals surface area contributed by atoms with Crippen molar-refractivity contribution >= 4 is 33.2 Å². The Morgan fingerprint density at radius 2 is 2.24 bits per heavy atom. The molecule has 0 bridgehead atoms. The van der Waals surface area contributed by atoms with E-state index in [4.69, 9.17) is 16.6 Å². The Bertz CT molecular complexity index is 813. The SMILES string of the molecule is C[C@@H]1CCc2c(sc3nc(-c4cccnc4)nc(Cl)c23)C1. The third kappa shape index (κ3) is 2.23. The zero-order chi connectivity index (χ0) is 14.4. The second-order valence-electron chi connectivity index (χ2n) is 5.61. The Kier molecular flexibility index (Phi) is 3.16. The molecule has 0 aromatic carbocycles. The van der Waals surface area contributed by atoms with Crippen molar-refractivity contribution in [3.8, 4) is 11.4 Å². The van der Waals surface area contributed by atoms with Crippen LogP contribution >= 0.6 is 22.9 Å². The van der Waals surface area contributed by atoms with Crippen molar-refractivity contribution in [2.24, 2.45) is 5.92 Å². The molecule has 21 heavy (non-hydrogen) atoms. The molecule has 3 aromatic rings. The normalized spacial score (nSPS) is 17.9. The van der Waals surface area contributed by atoms with Gasteiger partial charge in [-0.1, -0.05) is 18.5 Å². The van der Waals surface area contributed by atoms with Gasteiger partial charge in [0.2, 0.25) is 0 Å². The molecule has 3 aromatic heterocycles. The summed E-state index contributed by atoms with van der Waals surface area (Å²) < 4.78 is 0. The zero-order valence-corrected chi connectivity index (χ0v) is 13.2. The van der Waals surface area contributed by atoms with E-state index < -0.39 is 0 Å². The van der Waals surface area contributed by atoms with Gasteiger partial charge in [-0.2, -0.15) is 0 Å². The van der Waals surface area contributed by atoms with Gasteiger partial charge in [0.25, 0.3) is 0 Å². The monoisotopic (exact) mass is 315 g/mol. The van der Waals surface area contributed by atoms with Gasteiger partial charge in [-0.3, -0.25) is 4.98 Å². The van der Waals surface area contributed by atoms with E-state index in [0.29, 0.717) is 11.0 Å². The number of rotatable bonds is 1. The molecular formula is C16H14ClN3S. The number of nitrogens with zero attached hydrogens (tertiary/aromatic N) is 3. The first-order chi connectivity index (χ1) is 10.2. The number of hydrogen-bond acceptors (Lipinski definition) is 4. The molecule has 0 unspecified atom stereocenters. The molecule has 0 radical (unpaired) electrons. The van der Waals surface area contributed by atoms with Crippen molar-refractivity contribution < 1.29 is 0 Å². The molecule has 0 saturated heterocycles. The predicted molar refractivity (Wildman–Crippen MR) is 86.8 cm³/mol. The van der Waals surface area contributed by atoms with E-state index >= 15 is 0 Å². The summed E-state index contributed by atoms with van der Waals surface area (Å²) in [5.41, 5.74) is 2.27. The van der Waals surface area contributed by atoms with Gasteiger partial charge < -0.3 is 0 Å². The Balaban J connectivity index is 1.91. The Morgan fingerprint density at radius 1 is 1.33 bits per heavy atom. The summed E-state index contributed by atoms with van der Waals surface area (Å²) in [5.74, 6) is 1.40. The van der Waals surface area contributed by atoms with Gasteiger partial charge in [0, 0.05) is 22.8 Å². The molecule has 1 aliphatic rings. The highest BCUT2D eigenvalue weighted by atomic mass is 35.5. The minimum atomic E-state index is 0.575. The maximum absolute atomic E-state index is 6.46. The van der Waals surface area contributed by atoms with Gasteiger partial charge in [0.05, 0.1) is 5.39 Å². The maximum Gasteiger partial charge on any atom is 0.164 e. The summed E-state index contributed by atoms with van der Waals surface area (Å²) >= 11 is 8.23. The van der Waals surface area contributed by atoms with Crippen molar-refractivity contribution in [1.29, 1.82) is 0 Å². The topological polar surface area (TPSA) is 38.7 Å². The number of pyridine rings is 1. The van der Waals surface area contributed by atoms with Crippen LogP contribution in [0.3, 0.4) is 0 Å². The summed E-state index contributed by atoms with van der Waals surface area (Å²) in [5, 5.41) is 1.64. The number of hydrogen-bond donors (Lipinski definition) is 0. The van der Waals surface area contributed by atoms with Gasteiger partial charge in [0.1, 0.15) is 9.98 Å². The lowest BCUT2D eigenvalue weighted by molar-refractivity contribution is 0.509. The van der Waals surface area contributed by atoms with E-state index in [1.54, 1.807) is 23.7 Å². The summed E-state index contributed by atoms with van der Waals surface area (Å²) in [6.45, 7) is 2.31. The van der Waals surface area contributed by atoms with Gasteiger partial charge in [-0.25, -0.2) is 9.97 Å². The number of halogens is 1. The number of fused-ring (bicyclic) bond motifs is 3. The van der Waals surface area contributed by atoms with Crippen molar-refractivity contribution in [2.45, 2.75) is 26.2 Å². The van der Waals surface area contributed by atoms with Crippen molar-refractivity contribution in [3.05, 3.63) is 40.1 Å². The number of aryl methyl sites for hydroxylation is 1. The minimum absolute atomic E-state index is 0.575. The lowest BCUT2D eigenvalue weighted by Gasteiger charge is -2.17. The van der Waals surface area contributed by atoms with E-state index in [2.05, 4.69) is 16.9 Å². The van der Waals surface area contributed by atoms with Crippen LogP contribution in [-0.2, 0) is 12.8 Å². The molecule has 0 saturated carbocycles. The summed E-state index contributed by atoms with van der Waals surface area (Å²) in [6.07, 6.45) is 6.96. The molecule has 0 spiro atoms. The third-order valence-electron chi connectivity index (χ3n) is 4.03. The van der Waals surface area contributed by atoms with E-state index in [1.807, 2.05) is 12.1 Å². The van der Waals surface area contributed by atoms with Crippen LogP contribution < -0.4 is 0 Å². The molecule has 1 atom stereocenters. The van der Waals surface area contributed by atoms with E-state index in [-0.39, 0.29) is 0 Å². The molecule has 0 fully saturated rings. The lowest BCUT2D eigenvalue weighted by Crippen LogP contribution is -2.08. The molecule has 3 heterocycles. The highest BCUT2D eigenvalue weighted by Gasteiger charge is 2.23. The van der Waals surface area contributed by atoms with Crippen LogP contribution in [0.1, 0.15) is 23.8 Å². The minimum Gasteiger partial charge on any atom is -0.264 e. The maximum atomic E-state index is 6.46. The summed E-state index contributed by atoms with van der Waals surface area (Å²) in [6, 6.07) is 3.85. The smallest absolute Gasteiger partial charge is 0.164 e. The van der Waals surface area contributed by atoms with Gasteiger partial charge in [0.15, 0.2) is 5.82 Å². The molecule has 0 N–H and O–H groups in total. The van der Waals surface area contributed by atoms with Gasteiger partial charge in [-0.05, 0) is 42.9 Å². The largest absolute Gasteiger partial charge is 0.264 e. The first-order valence-electron chi connectivity index (χ1n) is 7.10. The molecule has 0 aliphatic heterocycles. The lowest BCUT2D eigenvalue weighted by atomic mass is 9.89. The van der Waals surface area contributed by atoms with Crippen LogP contribution in [0.15, 0.2) is 24.5 Å². The van der Waals surface area contributed by atoms with Crippen LogP contribution in [0.25, 0.3) is 21.6 Å². The molecular weight excluding hydrogens is 302 g/mol. The second-order valence-corrected chi connectivity index (χ2v) is 7.05. The first kappa shape index (κ1) is 13.2. The van der Waals surface area contributed by atoms with Crippen LogP contribution in [0.2, 0.25) is 5.15 Å². The fraction of sp³-hybridized carbons (Fsp3) is 0.312. The summed E-state index contributed by atoms with van der Waals surface area (Å²) in [4.78, 5) is 15.8. The number of thiophene rings is 1. The fourth-order valence-electron chi connectivity index (χ4n) is 2.92. The number of aromatic nitrogens is 3. The Labute approximate surface area is 132 Å². The van der Waals surface area contributed by atoms with Crippen molar-refractivity contribution in [1.82, 2.24) is 15.0 Å². The quantitative estimate of drug-likeness (QED) is 0.619. The fourth-order valence-corrected chi connectivity index (χ4v) is 4.64. The standard InChI is InChI=1S/C16H14ClN3S/c1-9-4-5-11-12(7-9)21-16-13(11)14(17)19-15(20-16)10-3-2-6-18-8-10/h2-3,6,8-9H,4-5,7H2,1H3/t9-/m1/s1. The highest BCUT2D eigenvalue weighted by Crippen LogP contribution is 2.40. The summed E-state index contributed by atoms with van der Waals surface area (Å²) in [7, 11) is 0. The van der Waals surface area contributed by atoms with Gasteiger partial charge >= 0.3 is 0 Å². The predicted octanol–water partition coefficient (Wildman–Crippen LogP) is 4.53. The zero-order valence-electron chi connectivity index (χ0n) is 11.6. The second kappa shape index (κ2) is 5.04. The Hall–Kier alpha value is -1.52. The molecule has 5 heteroatoms. The van der Waals surface area contributed by atoms with E-state index in [0.717, 1.165) is 34.5 Å². The van der Waals surface area contributed by atoms with Crippen molar-refractivity contribution in [2.75, 3.05) is 0 Å². The first-order valence-corrected chi connectivity index (χ1v) is 8.30. The van der Waals surface area contributed by atoms with Crippen LogP contribution in [-0.4, -0.2) is 15.0 Å². The third-order valence-corrected chi connectivity index (χ3v) is 5.45. The van der Waals surface area contributed by atoms with Crippen molar-refractivity contribution in [3.63, 3.8) is 0 Å². The molecule has 3 nitrogen and oxygen atoms in total. The molecule has 4 rings (SSSR count).